The van der Waals surface area contributed by atoms with Gasteiger partial charge in [0, 0.05) is 6.42 Å². The topological polar surface area (TPSA) is 112 Å². The molecule has 4 N–H and O–H groups in total. The van der Waals surface area contributed by atoms with E-state index in [1.54, 1.807) is 12.3 Å². The number of hydrogen-bond acceptors (Lipinski definition) is 6. The van der Waals surface area contributed by atoms with Crippen LogP contribution < -0.4 is 5.32 Å². The Kier molecular flexibility index (Phi) is 17.2. The Morgan fingerprint density at radius 1 is 1.00 bits per heavy atom. The Morgan fingerprint density at radius 2 is 1.61 bits per heavy atom. The smallest absolute Gasteiger partial charge is 0.472 e. The molecule has 0 aliphatic carbocycles. The van der Waals surface area contributed by atoms with Crippen LogP contribution in [-0.4, -0.2) is 33.2 Å². The lowest BCUT2D eigenvalue weighted by atomic mass is 10.1. The third-order valence-electron chi connectivity index (χ3n) is 5.54. The Balaban J connectivity index is 2.06. The molecule has 0 bridgehead atoms. The Morgan fingerprint density at radius 3 is 2.18 bits per heavy atom. The molecule has 1 atom stereocenters. The molecule has 7 nitrogen and oxygen atoms in total. The van der Waals surface area contributed by atoms with Gasteiger partial charge in [0.2, 0.25) is 5.91 Å². The van der Waals surface area contributed by atoms with Crippen molar-refractivity contribution in [2.45, 2.75) is 109 Å². The van der Waals surface area contributed by atoms with Gasteiger partial charge in [0.1, 0.15) is 6.61 Å². The van der Waals surface area contributed by atoms with Gasteiger partial charge in [-0.2, -0.15) is 19.2 Å². The average Bonchev–Trinajstić information content (AvgIpc) is 3.27. The third kappa shape index (κ3) is 18.8. The maximum Gasteiger partial charge on any atom is 0.567 e. The molecule has 0 saturated heterocycles. The molecule has 1 aromatic rings. The molecule has 0 spiro atoms. The number of hydrogen-bond donors (Lipinski definition) is 4. The van der Waals surface area contributed by atoms with Crippen molar-refractivity contribution in [1.82, 2.24) is 5.32 Å². The number of amides is 1. The van der Waals surface area contributed by atoms with Crippen LogP contribution in [0.2, 0.25) is 0 Å². The van der Waals surface area contributed by atoms with Crippen LogP contribution >= 0.6 is 8.17 Å². The number of carbonyl (C=O) groups is 1. The number of rotatable bonds is 21. The second-order valence-electron chi connectivity index (χ2n) is 8.74. The fourth-order valence-corrected chi connectivity index (χ4v) is 4.07. The van der Waals surface area contributed by atoms with Crippen molar-refractivity contribution in [2.75, 3.05) is 6.61 Å². The lowest BCUT2D eigenvalue weighted by Gasteiger charge is -2.17. The molecule has 0 aliphatic heterocycles. The molecule has 0 saturated carbocycles. The van der Waals surface area contributed by atoms with Gasteiger partial charge >= 0.3 is 8.17 Å². The number of unbranched alkanes of at least 4 members (excludes halogenated alkanes) is 11. The van der Waals surface area contributed by atoms with Gasteiger partial charge in [-0.3, -0.25) is 4.79 Å². The predicted octanol–water partition coefficient (Wildman–Crippen LogP) is 6.02. The first-order valence-corrected chi connectivity index (χ1v) is 14.1. The zero-order valence-electron chi connectivity index (χ0n) is 20.3. The summed E-state index contributed by atoms with van der Waals surface area (Å²) in [6, 6.07) is 1.28. The summed E-state index contributed by atoms with van der Waals surface area (Å²) in [5, 5.41) is 2.85. The van der Waals surface area contributed by atoms with Crippen molar-refractivity contribution in [1.29, 1.82) is 0 Å². The standard InChI is InChI=1S/C25H44NO6P/c1-2-3-4-5-6-7-8-9-10-11-12-13-14-15-16-17-25(27)26-24(22-32-33(28,29)30)20-23-18-19-31-21-23/h9-10,18-19,21,24,28-30H,2-8,11-17,20,22H2,1H3/p+1/b10-9-/t24-/m1/s1. The van der Waals surface area contributed by atoms with Crippen molar-refractivity contribution in [3.63, 3.8) is 0 Å². The van der Waals surface area contributed by atoms with Crippen LogP contribution in [0.5, 0.6) is 0 Å². The van der Waals surface area contributed by atoms with Crippen molar-refractivity contribution in [2.24, 2.45) is 0 Å². The van der Waals surface area contributed by atoms with Gasteiger partial charge in [0.05, 0.1) is 18.6 Å². The van der Waals surface area contributed by atoms with Crippen LogP contribution in [0.4, 0.5) is 0 Å². The van der Waals surface area contributed by atoms with Crippen LogP contribution in [0.3, 0.4) is 0 Å². The van der Waals surface area contributed by atoms with Crippen molar-refractivity contribution in [3.05, 3.63) is 36.3 Å². The summed E-state index contributed by atoms with van der Waals surface area (Å²) < 4.78 is 9.73. The Labute approximate surface area is 200 Å². The molecule has 0 radical (unpaired) electrons. The van der Waals surface area contributed by atoms with E-state index in [0.717, 1.165) is 31.2 Å². The second kappa shape index (κ2) is 19.1. The van der Waals surface area contributed by atoms with Gasteiger partial charge in [0.25, 0.3) is 0 Å². The molecular weight excluding hydrogens is 441 g/mol. The molecular formula is C25H45NO6P+. The van der Waals surface area contributed by atoms with Crippen LogP contribution in [0, 0.1) is 0 Å². The highest BCUT2D eigenvalue weighted by Crippen LogP contribution is 2.45. The highest BCUT2D eigenvalue weighted by molar-refractivity contribution is 7.53. The Bertz CT molecular complexity index is 615. The molecule has 0 aromatic carbocycles. The zero-order valence-corrected chi connectivity index (χ0v) is 21.2. The van der Waals surface area contributed by atoms with E-state index >= 15 is 0 Å². The number of allylic oxidation sites excluding steroid dienone is 2. The predicted molar refractivity (Wildman–Crippen MR) is 133 cm³/mol. The van der Waals surface area contributed by atoms with E-state index in [1.807, 2.05) is 0 Å². The van der Waals surface area contributed by atoms with Gasteiger partial charge < -0.3 is 9.73 Å². The van der Waals surface area contributed by atoms with Crippen LogP contribution in [0.1, 0.15) is 102 Å². The number of furan rings is 1. The summed E-state index contributed by atoms with van der Waals surface area (Å²) in [5.41, 5.74) is 0.850. The Hall–Kier alpha value is -1.24. The van der Waals surface area contributed by atoms with Crippen molar-refractivity contribution in [3.8, 4) is 0 Å². The molecule has 8 heteroatoms. The van der Waals surface area contributed by atoms with Gasteiger partial charge in [-0.1, -0.05) is 70.4 Å². The third-order valence-corrected chi connectivity index (χ3v) is 6.04. The monoisotopic (exact) mass is 486 g/mol. The van der Waals surface area contributed by atoms with Crippen LogP contribution in [0.25, 0.3) is 0 Å². The molecule has 1 amide bonds. The van der Waals surface area contributed by atoms with Crippen LogP contribution in [0.15, 0.2) is 35.2 Å². The summed E-state index contributed by atoms with van der Waals surface area (Å²) in [5.74, 6) is -0.109. The summed E-state index contributed by atoms with van der Waals surface area (Å²) in [6.45, 7) is 2.05. The maximum absolute atomic E-state index is 12.3. The molecule has 1 heterocycles. The van der Waals surface area contributed by atoms with E-state index in [0.29, 0.717) is 12.8 Å². The van der Waals surface area contributed by atoms with E-state index in [4.69, 9.17) is 23.6 Å². The fraction of sp³-hybridized carbons (Fsp3) is 0.720. The number of nitrogens with one attached hydrogen (secondary N) is 1. The van der Waals surface area contributed by atoms with E-state index in [9.17, 15) is 4.79 Å². The minimum Gasteiger partial charge on any atom is -0.472 e. The minimum absolute atomic E-state index is 0.109. The van der Waals surface area contributed by atoms with E-state index in [1.165, 1.54) is 64.1 Å². The van der Waals surface area contributed by atoms with E-state index < -0.39 is 14.2 Å². The maximum atomic E-state index is 12.3. The summed E-state index contributed by atoms with van der Waals surface area (Å²) in [6.07, 6.45) is 24.3. The molecule has 33 heavy (non-hydrogen) atoms. The summed E-state index contributed by atoms with van der Waals surface area (Å²) in [4.78, 5) is 39.4. The molecule has 0 aliphatic rings. The number of carbonyl (C=O) groups excluding carboxylic acids is 1. The highest BCUT2D eigenvalue weighted by atomic mass is 31.2. The average molecular weight is 487 g/mol. The summed E-state index contributed by atoms with van der Waals surface area (Å²) >= 11 is 0. The lowest BCUT2D eigenvalue weighted by molar-refractivity contribution is -0.122. The van der Waals surface area contributed by atoms with Gasteiger partial charge in [0.15, 0.2) is 0 Å². The first kappa shape index (κ1) is 29.8. The molecule has 0 fully saturated rings. The lowest BCUT2D eigenvalue weighted by Crippen LogP contribution is -2.39. The normalized spacial score (nSPS) is 13.0. The van der Waals surface area contributed by atoms with Gasteiger partial charge in [-0.05, 0) is 50.2 Å². The zero-order chi connectivity index (χ0) is 24.2. The SMILES string of the molecule is CCCCCCCC/C=C\CCCCCCCC(=O)N[C@@H](CO[P+](O)(O)O)Cc1ccoc1. The van der Waals surface area contributed by atoms with Gasteiger partial charge in [-0.25, -0.2) is 0 Å². The first-order chi connectivity index (χ1) is 15.9. The largest absolute Gasteiger partial charge is 0.567 e. The van der Waals surface area contributed by atoms with Crippen molar-refractivity contribution < 1.29 is 28.4 Å². The molecule has 1 rings (SSSR count). The van der Waals surface area contributed by atoms with Crippen LogP contribution in [-0.2, 0) is 15.7 Å². The van der Waals surface area contributed by atoms with E-state index in [2.05, 4.69) is 24.4 Å². The first-order valence-electron chi connectivity index (χ1n) is 12.6. The minimum atomic E-state index is -4.34. The fourth-order valence-electron chi connectivity index (χ4n) is 3.69. The summed E-state index contributed by atoms with van der Waals surface area (Å²) in [7, 11) is -4.34. The highest BCUT2D eigenvalue weighted by Gasteiger charge is 2.34. The molecule has 1 aromatic heterocycles. The van der Waals surface area contributed by atoms with E-state index in [-0.39, 0.29) is 12.5 Å². The molecule has 190 valence electrons. The quantitative estimate of drug-likeness (QED) is 0.0961. The van der Waals surface area contributed by atoms with Crippen molar-refractivity contribution >= 4 is 14.1 Å². The second-order valence-corrected chi connectivity index (χ2v) is 10.0. The molecule has 0 unspecified atom stereocenters. The van der Waals surface area contributed by atoms with Gasteiger partial charge in [-0.15, -0.1) is 0 Å².